The van der Waals surface area contributed by atoms with Gasteiger partial charge in [0.15, 0.2) is 0 Å². The Kier molecular flexibility index (Phi) is 4.23. The summed E-state index contributed by atoms with van der Waals surface area (Å²) in [6.45, 7) is 12.4. The SMILES string of the molecule is CCC1(N)CN(C(=O)CC(C)CC(C)(C)C)C1. The van der Waals surface area contributed by atoms with Crippen LogP contribution in [-0.2, 0) is 4.79 Å². The molecule has 1 fully saturated rings. The molecule has 17 heavy (non-hydrogen) atoms. The molecule has 1 saturated heterocycles. The molecule has 1 atom stereocenters. The van der Waals surface area contributed by atoms with Gasteiger partial charge in [0.25, 0.3) is 0 Å². The third kappa shape index (κ3) is 4.30. The monoisotopic (exact) mass is 240 g/mol. The van der Waals surface area contributed by atoms with E-state index in [9.17, 15) is 4.79 Å². The van der Waals surface area contributed by atoms with Crippen LogP contribution in [0.25, 0.3) is 0 Å². The van der Waals surface area contributed by atoms with Crippen LogP contribution in [0, 0.1) is 11.3 Å². The van der Waals surface area contributed by atoms with Crippen molar-refractivity contribution >= 4 is 5.91 Å². The number of hydrogen-bond acceptors (Lipinski definition) is 2. The van der Waals surface area contributed by atoms with Gasteiger partial charge in [-0.25, -0.2) is 0 Å². The molecule has 0 radical (unpaired) electrons. The Morgan fingerprint density at radius 1 is 1.41 bits per heavy atom. The maximum absolute atomic E-state index is 12.0. The lowest BCUT2D eigenvalue weighted by molar-refractivity contribution is -0.139. The van der Waals surface area contributed by atoms with Crippen molar-refractivity contribution in [3.8, 4) is 0 Å². The molecule has 3 heteroatoms. The van der Waals surface area contributed by atoms with Crippen LogP contribution in [0.4, 0.5) is 0 Å². The molecule has 3 nitrogen and oxygen atoms in total. The summed E-state index contributed by atoms with van der Waals surface area (Å²) in [5, 5.41) is 0. The van der Waals surface area contributed by atoms with Gasteiger partial charge in [-0.3, -0.25) is 4.79 Å². The van der Waals surface area contributed by atoms with Crippen molar-refractivity contribution in [3.05, 3.63) is 0 Å². The Bertz CT molecular complexity index is 274. The first kappa shape index (κ1) is 14.5. The van der Waals surface area contributed by atoms with Gasteiger partial charge < -0.3 is 10.6 Å². The van der Waals surface area contributed by atoms with Crippen LogP contribution in [0.5, 0.6) is 0 Å². The number of rotatable bonds is 4. The molecule has 1 heterocycles. The van der Waals surface area contributed by atoms with E-state index in [2.05, 4.69) is 34.6 Å². The van der Waals surface area contributed by atoms with Gasteiger partial charge in [-0.2, -0.15) is 0 Å². The fourth-order valence-electron chi connectivity index (χ4n) is 2.66. The molecule has 1 unspecified atom stereocenters. The molecule has 1 aliphatic heterocycles. The summed E-state index contributed by atoms with van der Waals surface area (Å²) >= 11 is 0. The minimum absolute atomic E-state index is 0.108. The van der Waals surface area contributed by atoms with E-state index in [1.807, 2.05) is 4.90 Å². The quantitative estimate of drug-likeness (QED) is 0.820. The molecule has 0 aromatic carbocycles. The minimum atomic E-state index is -0.108. The number of amides is 1. The van der Waals surface area contributed by atoms with Gasteiger partial charge in [-0.1, -0.05) is 34.6 Å². The highest BCUT2D eigenvalue weighted by molar-refractivity contribution is 5.77. The van der Waals surface area contributed by atoms with Crippen molar-refractivity contribution in [3.63, 3.8) is 0 Å². The number of carbonyl (C=O) groups excluding carboxylic acids is 1. The Labute approximate surface area is 106 Å². The maximum Gasteiger partial charge on any atom is 0.222 e. The highest BCUT2D eigenvalue weighted by atomic mass is 16.2. The second kappa shape index (κ2) is 4.97. The number of likely N-dealkylation sites (tertiary alicyclic amines) is 1. The summed E-state index contributed by atoms with van der Waals surface area (Å²) in [5.41, 5.74) is 6.26. The van der Waals surface area contributed by atoms with E-state index in [-0.39, 0.29) is 11.4 Å². The number of nitrogens with zero attached hydrogens (tertiary/aromatic N) is 1. The van der Waals surface area contributed by atoms with Gasteiger partial charge in [-0.15, -0.1) is 0 Å². The van der Waals surface area contributed by atoms with E-state index in [1.165, 1.54) is 0 Å². The van der Waals surface area contributed by atoms with Crippen LogP contribution in [0.3, 0.4) is 0 Å². The molecule has 0 saturated carbocycles. The van der Waals surface area contributed by atoms with E-state index >= 15 is 0 Å². The topological polar surface area (TPSA) is 46.3 Å². The molecule has 0 aromatic heterocycles. The van der Waals surface area contributed by atoms with E-state index in [1.54, 1.807) is 0 Å². The predicted octanol–water partition coefficient (Wildman–Crippen LogP) is 2.40. The van der Waals surface area contributed by atoms with Gasteiger partial charge in [0, 0.05) is 19.5 Å². The summed E-state index contributed by atoms with van der Waals surface area (Å²) in [4.78, 5) is 13.9. The number of carbonyl (C=O) groups is 1. The summed E-state index contributed by atoms with van der Waals surface area (Å²) in [6, 6.07) is 0. The highest BCUT2D eigenvalue weighted by Crippen LogP contribution is 2.28. The van der Waals surface area contributed by atoms with Crippen LogP contribution in [0.1, 0.15) is 53.9 Å². The molecule has 1 rings (SSSR count). The fraction of sp³-hybridized carbons (Fsp3) is 0.929. The third-order valence-electron chi connectivity index (χ3n) is 3.55. The van der Waals surface area contributed by atoms with E-state index in [0.29, 0.717) is 17.8 Å². The minimum Gasteiger partial charge on any atom is -0.339 e. The summed E-state index contributed by atoms with van der Waals surface area (Å²) in [6.07, 6.45) is 2.71. The second-order valence-corrected chi connectivity index (χ2v) is 7.04. The molecule has 0 bridgehead atoms. The normalized spacial score (nSPS) is 20.9. The van der Waals surface area contributed by atoms with Gasteiger partial charge in [0.1, 0.15) is 0 Å². The van der Waals surface area contributed by atoms with Crippen LogP contribution in [0.2, 0.25) is 0 Å². The van der Waals surface area contributed by atoms with E-state index in [0.717, 1.165) is 25.9 Å². The maximum atomic E-state index is 12.0. The summed E-state index contributed by atoms with van der Waals surface area (Å²) < 4.78 is 0. The van der Waals surface area contributed by atoms with Crippen LogP contribution < -0.4 is 5.73 Å². The zero-order valence-electron chi connectivity index (χ0n) is 12.0. The van der Waals surface area contributed by atoms with Gasteiger partial charge >= 0.3 is 0 Å². The zero-order valence-corrected chi connectivity index (χ0v) is 12.0. The van der Waals surface area contributed by atoms with Gasteiger partial charge in [0.05, 0.1) is 5.54 Å². The zero-order chi connectivity index (χ0) is 13.3. The molecular formula is C14H28N2O. The molecule has 2 N–H and O–H groups in total. The van der Waals surface area contributed by atoms with Crippen molar-refractivity contribution in [2.75, 3.05) is 13.1 Å². The fourth-order valence-corrected chi connectivity index (χ4v) is 2.66. The molecule has 1 amide bonds. The van der Waals surface area contributed by atoms with Crippen LogP contribution in [0.15, 0.2) is 0 Å². The lowest BCUT2D eigenvalue weighted by Crippen LogP contribution is -2.68. The summed E-state index contributed by atoms with van der Waals surface area (Å²) in [5.74, 6) is 0.730. The van der Waals surface area contributed by atoms with E-state index in [4.69, 9.17) is 5.73 Å². The Hall–Kier alpha value is -0.570. The molecule has 0 aliphatic carbocycles. The van der Waals surface area contributed by atoms with Crippen LogP contribution >= 0.6 is 0 Å². The van der Waals surface area contributed by atoms with Crippen molar-refractivity contribution < 1.29 is 4.79 Å². The largest absolute Gasteiger partial charge is 0.339 e. The van der Waals surface area contributed by atoms with Crippen molar-refractivity contribution in [1.82, 2.24) is 4.90 Å². The molecule has 100 valence electrons. The number of hydrogen-bond donors (Lipinski definition) is 1. The highest BCUT2D eigenvalue weighted by Gasteiger charge is 2.40. The van der Waals surface area contributed by atoms with E-state index < -0.39 is 0 Å². The lowest BCUT2D eigenvalue weighted by atomic mass is 9.83. The first-order chi connectivity index (χ1) is 7.65. The average molecular weight is 240 g/mol. The Morgan fingerprint density at radius 3 is 2.35 bits per heavy atom. The van der Waals surface area contributed by atoms with Crippen molar-refractivity contribution in [2.45, 2.75) is 59.4 Å². The lowest BCUT2D eigenvalue weighted by Gasteiger charge is -2.47. The number of nitrogens with two attached hydrogens (primary N) is 1. The molecule has 0 aromatic rings. The van der Waals surface area contributed by atoms with Crippen LogP contribution in [-0.4, -0.2) is 29.4 Å². The smallest absolute Gasteiger partial charge is 0.222 e. The first-order valence-electron chi connectivity index (χ1n) is 6.72. The summed E-state index contributed by atoms with van der Waals surface area (Å²) in [7, 11) is 0. The average Bonchev–Trinajstić information content (AvgIpc) is 2.09. The Morgan fingerprint density at radius 2 is 1.94 bits per heavy atom. The molecular weight excluding hydrogens is 212 g/mol. The second-order valence-electron chi connectivity index (χ2n) is 7.04. The standard InChI is InChI=1S/C14H28N2O/c1-6-14(15)9-16(10-14)12(17)7-11(2)8-13(3,4)5/h11H,6-10,15H2,1-5H3. The molecule has 0 spiro atoms. The van der Waals surface area contributed by atoms with Crippen molar-refractivity contribution in [1.29, 1.82) is 0 Å². The first-order valence-corrected chi connectivity index (χ1v) is 6.72. The van der Waals surface area contributed by atoms with Gasteiger partial charge in [0.2, 0.25) is 5.91 Å². The predicted molar refractivity (Wildman–Crippen MR) is 71.6 cm³/mol. The Balaban J connectivity index is 2.32. The third-order valence-corrected chi connectivity index (χ3v) is 3.55. The molecule has 1 aliphatic rings. The van der Waals surface area contributed by atoms with Gasteiger partial charge in [-0.05, 0) is 24.2 Å². The van der Waals surface area contributed by atoms with Crippen molar-refractivity contribution in [2.24, 2.45) is 17.1 Å².